The van der Waals surface area contributed by atoms with Gasteiger partial charge in [0.15, 0.2) is 18.1 Å². The normalized spacial score (nSPS) is 42.8. The summed E-state index contributed by atoms with van der Waals surface area (Å²) in [5.74, 6) is 0.267. The molecule has 0 bridgehead atoms. The van der Waals surface area contributed by atoms with Crippen LogP contribution in [0.15, 0.2) is 92.6 Å². The van der Waals surface area contributed by atoms with Crippen LogP contribution >= 0.6 is 0 Å². The van der Waals surface area contributed by atoms with E-state index < -0.39 is 16.8 Å². The van der Waals surface area contributed by atoms with E-state index in [0.29, 0.717) is 17.6 Å². The first-order valence-electron chi connectivity index (χ1n) is 27.8. The molecule has 6 fully saturated rings. The molecule has 0 aliphatic heterocycles. The van der Waals surface area contributed by atoms with Crippen molar-refractivity contribution in [3.8, 4) is 0 Å². The zero-order valence-electron chi connectivity index (χ0n) is 47.0. The standard InChI is InChI=1S/C32H43NO5.C31H43NO4/c1-19-20-8-9-23-30(4,21(20)16-22(34)26(19)38-18-25(35)37-7)13-15-32(6)24-17-29(3,27(33)36)11-10-28(24,2)12-14-31(23,32)5;1-19-20-7-8-23-29(4,21(20)17-22(34)25(19)36-16-15-33)12-14-31(6)24-18-28(3,26(32)35)10-9-27(24,2)11-13-30(23,31)5/h8-9,16,24H,10-15,17-18H2,1-7H3,(H2,33,36);7-8,17,24,33H,9-16,18H2,1-6H3,(H2,32,35)/t24-,28-,29-,30+,31-,32+;24-,27-,28-,29+,30-,31+/m11/s1. The van der Waals surface area contributed by atoms with Crippen LogP contribution in [0.3, 0.4) is 0 Å². The van der Waals surface area contributed by atoms with Gasteiger partial charge in [-0.15, -0.1) is 0 Å². The molecule has 402 valence electrons. The monoisotopic (exact) mass is 1010 g/mol. The number of aliphatic hydroxyl groups excluding tert-OH is 1. The highest BCUT2D eigenvalue weighted by Gasteiger charge is 2.69. The number of hydrogen-bond donors (Lipinski definition) is 3. The zero-order chi connectivity index (χ0) is 54.2. The molecular weight excluding hydrogens is 929 g/mol. The third-order valence-corrected chi connectivity index (χ3v) is 23.8. The number of primary amides is 2. The maximum absolute atomic E-state index is 13.3. The van der Waals surface area contributed by atoms with Gasteiger partial charge in [0.1, 0.15) is 6.61 Å². The fraction of sp³-hybridized carbons (Fsp3) is 0.667. The summed E-state index contributed by atoms with van der Waals surface area (Å²) in [5, 5.41) is 9.20. The smallest absolute Gasteiger partial charge is 0.343 e. The zero-order valence-corrected chi connectivity index (χ0v) is 47.0. The molecule has 12 atom stereocenters. The van der Waals surface area contributed by atoms with Crippen molar-refractivity contribution >= 4 is 29.4 Å². The molecule has 74 heavy (non-hydrogen) atoms. The lowest BCUT2D eigenvalue weighted by Crippen LogP contribution is -2.62. The molecule has 0 radical (unpaired) electrons. The lowest BCUT2D eigenvalue weighted by Gasteiger charge is -2.70. The van der Waals surface area contributed by atoms with E-state index in [2.05, 4.69) is 98.3 Å². The highest BCUT2D eigenvalue weighted by molar-refractivity contribution is 6.08. The van der Waals surface area contributed by atoms with Crippen LogP contribution in [0.25, 0.3) is 0 Å². The highest BCUT2D eigenvalue weighted by atomic mass is 16.6. The van der Waals surface area contributed by atoms with Gasteiger partial charge >= 0.3 is 5.97 Å². The molecule has 11 heteroatoms. The molecule has 0 unspecified atom stereocenters. The Balaban J connectivity index is 0.000000182. The molecular formula is C63H86N2O9. The Labute approximate surface area is 440 Å². The molecule has 0 aromatic rings. The van der Waals surface area contributed by atoms with Gasteiger partial charge in [-0.3, -0.25) is 19.2 Å². The molecule has 0 aromatic carbocycles. The van der Waals surface area contributed by atoms with Gasteiger partial charge in [-0.2, -0.15) is 0 Å². The van der Waals surface area contributed by atoms with Crippen LogP contribution in [0.2, 0.25) is 0 Å². The van der Waals surface area contributed by atoms with Crippen molar-refractivity contribution in [2.75, 3.05) is 26.9 Å². The summed E-state index contributed by atoms with van der Waals surface area (Å²) in [6, 6.07) is 0. The first-order chi connectivity index (χ1) is 34.4. The molecule has 0 spiro atoms. The topological polar surface area (TPSA) is 185 Å². The van der Waals surface area contributed by atoms with Crippen molar-refractivity contribution in [2.45, 2.75) is 173 Å². The molecule has 10 rings (SSSR count). The Morgan fingerprint density at radius 3 is 1.34 bits per heavy atom. The maximum Gasteiger partial charge on any atom is 0.343 e. The third kappa shape index (κ3) is 7.50. The van der Waals surface area contributed by atoms with Crippen molar-refractivity contribution in [3.05, 3.63) is 92.6 Å². The number of carbonyl (C=O) groups is 5. The molecule has 5 N–H and O–H groups in total. The number of allylic oxidation sites excluding steroid dienone is 14. The number of amides is 2. The number of ketones is 2. The van der Waals surface area contributed by atoms with Crippen LogP contribution in [0.1, 0.15) is 173 Å². The highest BCUT2D eigenvalue weighted by Crippen LogP contribution is 2.77. The van der Waals surface area contributed by atoms with Crippen molar-refractivity contribution in [3.63, 3.8) is 0 Å². The van der Waals surface area contributed by atoms with E-state index >= 15 is 0 Å². The van der Waals surface area contributed by atoms with E-state index in [4.69, 9.17) is 20.9 Å². The van der Waals surface area contributed by atoms with E-state index in [9.17, 15) is 29.1 Å². The fourth-order valence-corrected chi connectivity index (χ4v) is 18.0. The summed E-state index contributed by atoms with van der Waals surface area (Å²) < 4.78 is 15.9. The minimum absolute atomic E-state index is 0.0206. The minimum atomic E-state index is -0.515. The number of aliphatic hydroxyl groups is 1. The Bertz CT molecular complexity index is 2780. The van der Waals surface area contributed by atoms with Crippen LogP contribution in [0.4, 0.5) is 0 Å². The van der Waals surface area contributed by atoms with Gasteiger partial charge in [-0.1, -0.05) is 105 Å². The molecule has 10 aliphatic rings. The summed E-state index contributed by atoms with van der Waals surface area (Å²) in [7, 11) is 1.30. The number of ether oxygens (including phenoxy) is 3. The van der Waals surface area contributed by atoms with Crippen LogP contribution in [-0.4, -0.2) is 61.4 Å². The van der Waals surface area contributed by atoms with E-state index in [1.54, 1.807) is 12.2 Å². The van der Waals surface area contributed by atoms with Gasteiger partial charge in [-0.05, 0) is 183 Å². The maximum atomic E-state index is 13.3. The Morgan fingerprint density at radius 2 is 0.959 bits per heavy atom. The number of methoxy groups -OCH3 is 1. The molecule has 11 nitrogen and oxygen atoms in total. The summed E-state index contributed by atoms with van der Waals surface area (Å²) in [6.45, 7) is 27.1. The number of hydrogen-bond acceptors (Lipinski definition) is 9. The second kappa shape index (κ2) is 17.6. The first-order valence-corrected chi connectivity index (χ1v) is 27.8. The van der Waals surface area contributed by atoms with Gasteiger partial charge in [0.2, 0.25) is 23.4 Å². The van der Waals surface area contributed by atoms with Crippen LogP contribution in [0.5, 0.6) is 0 Å². The summed E-state index contributed by atoms with van der Waals surface area (Å²) in [6.07, 6.45) is 26.6. The Morgan fingerprint density at radius 1 is 0.568 bits per heavy atom. The Kier molecular flexibility index (Phi) is 12.9. The van der Waals surface area contributed by atoms with Crippen molar-refractivity contribution in [2.24, 2.45) is 77.5 Å². The lowest BCUT2D eigenvalue weighted by atomic mass is 9.34. The fourth-order valence-electron chi connectivity index (χ4n) is 18.0. The average Bonchev–Trinajstić information content (AvgIpc) is 3.34. The van der Waals surface area contributed by atoms with Crippen molar-refractivity contribution in [1.29, 1.82) is 0 Å². The van der Waals surface area contributed by atoms with Crippen molar-refractivity contribution in [1.82, 2.24) is 0 Å². The van der Waals surface area contributed by atoms with Gasteiger partial charge in [0.05, 0.1) is 13.7 Å². The minimum Gasteiger partial charge on any atom is -0.487 e. The van der Waals surface area contributed by atoms with E-state index in [1.807, 2.05) is 13.8 Å². The largest absolute Gasteiger partial charge is 0.487 e. The van der Waals surface area contributed by atoms with Crippen molar-refractivity contribution < 1.29 is 43.3 Å². The number of rotatable bonds is 8. The summed E-state index contributed by atoms with van der Waals surface area (Å²) >= 11 is 0. The molecule has 0 heterocycles. The second-order valence-corrected chi connectivity index (χ2v) is 27.3. The summed E-state index contributed by atoms with van der Waals surface area (Å²) in [5.41, 5.74) is 19.7. The molecule has 0 saturated heterocycles. The van der Waals surface area contributed by atoms with Gasteiger partial charge < -0.3 is 30.8 Å². The predicted molar refractivity (Wildman–Crippen MR) is 286 cm³/mol. The number of nitrogens with two attached hydrogens (primary N) is 2. The van der Waals surface area contributed by atoms with Crippen LogP contribution < -0.4 is 11.5 Å². The quantitative estimate of drug-likeness (QED) is 0.199. The average molecular weight is 1020 g/mol. The molecule has 6 saturated carbocycles. The second-order valence-electron chi connectivity index (χ2n) is 27.3. The molecule has 2 amide bonds. The third-order valence-electron chi connectivity index (χ3n) is 23.8. The van der Waals surface area contributed by atoms with Crippen LogP contribution in [-0.2, 0) is 38.2 Å². The van der Waals surface area contributed by atoms with E-state index in [-0.39, 0.29) is 92.3 Å². The van der Waals surface area contributed by atoms with Gasteiger partial charge in [0.25, 0.3) is 0 Å². The number of esters is 1. The van der Waals surface area contributed by atoms with Gasteiger partial charge in [-0.25, -0.2) is 4.79 Å². The van der Waals surface area contributed by atoms with Crippen LogP contribution in [0, 0.1) is 66.0 Å². The number of fused-ring (bicyclic) bond motifs is 14. The SMILES string of the molecule is CC1=C(OCCO)C(=O)C=C2C1=CC=C1[C@@]2(C)CC[C@@]2(C)[C@@H]3C[C@](C)(C(N)=O)CC[C@]3(C)CC[C@]12C.COC(=O)COC1=C(C)C2=CC=C3[C@@](C)(CC[C@@]4(C)[C@@H]5C[C@](C)(C(N)=O)CC[C@]5(C)CC[C@]34C)C2=CC1=O. The predicted octanol–water partition coefficient (Wildman–Crippen LogP) is 11.3. The molecule has 0 aromatic heterocycles. The lowest BCUT2D eigenvalue weighted by molar-refractivity contribution is -0.168. The number of carbonyl (C=O) groups excluding carboxylic acids is 5. The van der Waals surface area contributed by atoms with E-state index in [1.165, 1.54) is 18.3 Å². The first kappa shape index (κ1) is 54.0. The Hall–Kier alpha value is -4.77. The van der Waals surface area contributed by atoms with E-state index in [0.717, 1.165) is 123 Å². The van der Waals surface area contributed by atoms with Gasteiger partial charge in [0, 0.05) is 32.8 Å². The summed E-state index contributed by atoms with van der Waals surface area (Å²) in [4.78, 5) is 63.1. The molecule has 10 aliphatic carbocycles.